The summed E-state index contributed by atoms with van der Waals surface area (Å²) in [5.41, 5.74) is 2.32. The Labute approximate surface area is 150 Å². The second kappa shape index (κ2) is 7.76. The van der Waals surface area contributed by atoms with E-state index in [0.717, 1.165) is 17.0 Å². The van der Waals surface area contributed by atoms with Crippen LogP contribution in [-0.2, 0) is 4.74 Å². The molecule has 0 atom stereocenters. The summed E-state index contributed by atoms with van der Waals surface area (Å²) in [6, 6.07) is 5.85. The Kier molecular flexibility index (Phi) is 5.45. The van der Waals surface area contributed by atoms with Gasteiger partial charge in [-0.2, -0.15) is 0 Å². The van der Waals surface area contributed by atoms with Gasteiger partial charge in [-0.15, -0.1) is 11.3 Å². The number of aryl methyl sites for hydroxylation is 2. The topological polar surface area (TPSA) is 77.2 Å². The Hall–Kier alpha value is -2.25. The van der Waals surface area contributed by atoms with Crippen molar-refractivity contribution in [2.75, 3.05) is 19.8 Å². The van der Waals surface area contributed by atoms with Gasteiger partial charge in [0.05, 0.1) is 27.2 Å². The maximum absolute atomic E-state index is 12.7. The molecule has 132 valence electrons. The van der Waals surface area contributed by atoms with Gasteiger partial charge >= 0.3 is 0 Å². The Balaban J connectivity index is 1.89. The number of rotatable bonds is 7. The first-order valence-corrected chi connectivity index (χ1v) is 9.11. The number of fused-ring (bicyclic) bond motifs is 1. The lowest BCUT2D eigenvalue weighted by molar-refractivity contribution is 0.0945. The van der Waals surface area contributed by atoms with Gasteiger partial charge in [-0.05, 0) is 45.4 Å². The van der Waals surface area contributed by atoms with Crippen LogP contribution in [0.2, 0.25) is 0 Å². The van der Waals surface area contributed by atoms with Gasteiger partial charge in [0.25, 0.3) is 11.6 Å². The number of nitrogens with zero attached hydrogens (tertiary/aromatic N) is 2. The third kappa shape index (κ3) is 3.88. The first-order chi connectivity index (χ1) is 12.1. The van der Waals surface area contributed by atoms with Gasteiger partial charge in [-0.3, -0.25) is 4.79 Å². The second-order valence-corrected chi connectivity index (χ2v) is 7.01. The number of pyridine rings is 1. The quantitative estimate of drug-likeness (QED) is 0.651. The summed E-state index contributed by atoms with van der Waals surface area (Å²) >= 11 is 1.63. The van der Waals surface area contributed by atoms with Crippen LogP contribution in [0.25, 0.3) is 21.7 Å². The molecule has 3 aromatic rings. The molecule has 0 fully saturated rings. The molecule has 0 aliphatic rings. The Bertz CT molecular complexity index is 885. The second-order valence-electron chi connectivity index (χ2n) is 5.72. The van der Waals surface area contributed by atoms with E-state index in [0.29, 0.717) is 42.1 Å². The van der Waals surface area contributed by atoms with E-state index in [4.69, 9.17) is 9.26 Å². The average Bonchev–Trinajstić information content (AvgIpc) is 3.20. The highest BCUT2D eigenvalue weighted by atomic mass is 32.1. The van der Waals surface area contributed by atoms with Crippen molar-refractivity contribution in [1.82, 2.24) is 15.5 Å². The summed E-state index contributed by atoms with van der Waals surface area (Å²) in [5, 5.41) is 7.57. The van der Waals surface area contributed by atoms with Gasteiger partial charge in [-0.1, -0.05) is 5.16 Å². The molecule has 25 heavy (non-hydrogen) atoms. The number of nitrogens with one attached hydrogen (secondary N) is 1. The molecule has 0 unspecified atom stereocenters. The zero-order valence-electron chi connectivity index (χ0n) is 14.6. The van der Waals surface area contributed by atoms with Crippen molar-refractivity contribution in [1.29, 1.82) is 0 Å². The van der Waals surface area contributed by atoms with Crippen molar-refractivity contribution >= 4 is 28.3 Å². The van der Waals surface area contributed by atoms with Crippen molar-refractivity contribution in [3.63, 3.8) is 0 Å². The normalized spacial score (nSPS) is 11.2. The number of hydrogen-bond donors (Lipinski definition) is 1. The summed E-state index contributed by atoms with van der Waals surface area (Å²) in [6.07, 6.45) is 0.771. The summed E-state index contributed by atoms with van der Waals surface area (Å²) in [4.78, 5) is 19.4. The lowest BCUT2D eigenvalue weighted by Gasteiger charge is -2.08. The first kappa shape index (κ1) is 17.6. The predicted octanol–water partition coefficient (Wildman–Crippen LogP) is 3.72. The molecule has 0 aliphatic carbocycles. The lowest BCUT2D eigenvalue weighted by Crippen LogP contribution is -2.25. The van der Waals surface area contributed by atoms with Crippen molar-refractivity contribution in [3.05, 3.63) is 34.3 Å². The van der Waals surface area contributed by atoms with Gasteiger partial charge in [-0.25, -0.2) is 4.98 Å². The Morgan fingerprint density at radius 3 is 2.92 bits per heavy atom. The van der Waals surface area contributed by atoms with Crippen LogP contribution in [0.15, 0.2) is 22.7 Å². The Morgan fingerprint density at radius 2 is 2.20 bits per heavy atom. The molecule has 1 N–H and O–H groups in total. The molecule has 7 heteroatoms. The number of ether oxygens (including phenoxy) is 1. The zero-order chi connectivity index (χ0) is 17.8. The van der Waals surface area contributed by atoms with Crippen molar-refractivity contribution in [2.45, 2.75) is 27.2 Å². The molecule has 1 amide bonds. The standard InChI is InChI=1S/C18H21N3O3S/c1-4-23-9-5-8-19-17(22)13-10-14(15-7-6-11(2)25-15)20-18-16(13)12(3)21-24-18/h6-7,10H,4-5,8-9H2,1-3H3,(H,19,22). The molecule has 0 saturated carbocycles. The van der Waals surface area contributed by atoms with Crippen molar-refractivity contribution < 1.29 is 14.1 Å². The lowest BCUT2D eigenvalue weighted by atomic mass is 10.1. The number of carbonyl (C=O) groups is 1. The van der Waals surface area contributed by atoms with Crippen molar-refractivity contribution in [2.24, 2.45) is 0 Å². The van der Waals surface area contributed by atoms with Crippen LogP contribution in [-0.4, -0.2) is 35.8 Å². The highest BCUT2D eigenvalue weighted by Gasteiger charge is 2.19. The van der Waals surface area contributed by atoms with Gasteiger partial charge < -0.3 is 14.6 Å². The van der Waals surface area contributed by atoms with Crippen LogP contribution in [0.1, 0.15) is 34.3 Å². The van der Waals surface area contributed by atoms with Crippen LogP contribution < -0.4 is 5.32 Å². The van der Waals surface area contributed by atoms with E-state index in [1.807, 2.05) is 39.0 Å². The largest absolute Gasteiger partial charge is 0.382 e. The van der Waals surface area contributed by atoms with Gasteiger partial charge in [0.15, 0.2) is 0 Å². The molecule has 0 spiro atoms. The molecular formula is C18H21N3O3S. The van der Waals surface area contributed by atoms with Crippen molar-refractivity contribution in [3.8, 4) is 10.6 Å². The maximum atomic E-state index is 12.7. The summed E-state index contributed by atoms with van der Waals surface area (Å²) in [5.74, 6) is -0.148. The van der Waals surface area contributed by atoms with Crippen LogP contribution >= 0.6 is 11.3 Å². The van der Waals surface area contributed by atoms with E-state index in [9.17, 15) is 4.79 Å². The van der Waals surface area contributed by atoms with Gasteiger partial charge in [0.1, 0.15) is 0 Å². The van der Waals surface area contributed by atoms with E-state index in [1.54, 1.807) is 11.3 Å². The van der Waals surface area contributed by atoms with E-state index < -0.39 is 0 Å². The fourth-order valence-corrected chi connectivity index (χ4v) is 3.42. The first-order valence-electron chi connectivity index (χ1n) is 8.30. The predicted molar refractivity (Wildman–Crippen MR) is 98.0 cm³/mol. The minimum atomic E-state index is -0.148. The van der Waals surface area contributed by atoms with Crippen LogP contribution in [0.3, 0.4) is 0 Å². The highest BCUT2D eigenvalue weighted by Crippen LogP contribution is 2.30. The van der Waals surface area contributed by atoms with E-state index in [1.165, 1.54) is 4.88 Å². The van der Waals surface area contributed by atoms with Crippen LogP contribution in [0.4, 0.5) is 0 Å². The zero-order valence-corrected chi connectivity index (χ0v) is 15.4. The third-order valence-electron chi connectivity index (χ3n) is 3.81. The average molecular weight is 359 g/mol. The number of carbonyl (C=O) groups excluding carboxylic acids is 1. The van der Waals surface area contributed by atoms with E-state index in [-0.39, 0.29) is 5.91 Å². The molecule has 6 nitrogen and oxygen atoms in total. The van der Waals surface area contributed by atoms with Crippen LogP contribution in [0, 0.1) is 13.8 Å². The third-order valence-corrected chi connectivity index (χ3v) is 4.83. The minimum Gasteiger partial charge on any atom is -0.382 e. The summed E-state index contributed by atoms with van der Waals surface area (Å²) in [6.45, 7) is 7.68. The fourth-order valence-electron chi connectivity index (χ4n) is 2.59. The SMILES string of the molecule is CCOCCCNC(=O)c1cc(-c2ccc(C)s2)nc2onc(C)c12. The monoisotopic (exact) mass is 359 g/mol. The number of thiophene rings is 1. The molecule has 3 rings (SSSR count). The molecule has 0 aliphatic heterocycles. The van der Waals surface area contributed by atoms with Crippen LogP contribution in [0.5, 0.6) is 0 Å². The molecular weight excluding hydrogens is 338 g/mol. The Morgan fingerprint density at radius 1 is 1.36 bits per heavy atom. The molecule has 3 aromatic heterocycles. The van der Waals surface area contributed by atoms with Gasteiger partial charge in [0, 0.05) is 24.6 Å². The maximum Gasteiger partial charge on any atom is 0.259 e. The molecule has 0 saturated heterocycles. The summed E-state index contributed by atoms with van der Waals surface area (Å²) in [7, 11) is 0. The van der Waals surface area contributed by atoms with Gasteiger partial charge in [0.2, 0.25) is 0 Å². The van der Waals surface area contributed by atoms with E-state index >= 15 is 0 Å². The smallest absolute Gasteiger partial charge is 0.259 e. The molecule has 0 bridgehead atoms. The van der Waals surface area contributed by atoms with E-state index in [2.05, 4.69) is 15.5 Å². The highest BCUT2D eigenvalue weighted by molar-refractivity contribution is 7.15. The molecule has 0 aromatic carbocycles. The fraction of sp³-hybridized carbons (Fsp3) is 0.389. The summed E-state index contributed by atoms with van der Waals surface area (Å²) < 4.78 is 10.6. The molecule has 0 radical (unpaired) electrons. The molecule has 3 heterocycles. The minimum absolute atomic E-state index is 0.148. The number of amides is 1. The number of hydrogen-bond acceptors (Lipinski definition) is 6. The number of aromatic nitrogens is 2.